The van der Waals surface area contributed by atoms with E-state index in [1.165, 1.54) is 0 Å². The van der Waals surface area contributed by atoms with E-state index in [4.69, 9.17) is 0 Å². The molecular formula is C12H20BrN3O. The second-order valence-corrected chi connectivity index (χ2v) is 3.61. The number of rotatable bonds is 6. The van der Waals surface area contributed by atoms with Gasteiger partial charge in [0.2, 0.25) is 12.6 Å². The number of carbonyl (C=O) groups is 1. The van der Waals surface area contributed by atoms with Gasteiger partial charge >= 0.3 is 0 Å². The minimum absolute atomic E-state index is 0. The summed E-state index contributed by atoms with van der Waals surface area (Å²) in [5, 5.41) is 2.88. The van der Waals surface area contributed by atoms with Crippen LogP contribution in [0.15, 0.2) is 30.6 Å². The number of nitrogens with one attached hydrogen (secondary N) is 1. The normalized spacial score (nSPS) is 9.82. The average molecular weight is 302 g/mol. The minimum Gasteiger partial charge on any atom is -1.00 e. The fraction of sp³-hybridized carbons (Fsp3) is 0.500. The molecule has 1 rings (SSSR count). The Morgan fingerprint density at radius 3 is 2.29 bits per heavy atom. The monoisotopic (exact) mass is 301 g/mol. The molecule has 0 bridgehead atoms. The van der Waals surface area contributed by atoms with E-state index >= 15 is 0 Å². The molecule has 1 aromatic rings. The number of nitrogens with zero attached hydrogens (tertiary/aromatic N) is 2. The summed E-state index contributed by atoms with van der Waals surface area (Å²) in [5.41, 5.74) is 0. The van der Waals surface area contributed by atoms with Crippen LogP contribution in [0, 0.1) is 0 Å². The van der Waals surface area contributed by atoms with Crippen LogP contribution in [0.2, 0.25) is 0 Å². The number of amides is 1. The van der Waals surface area contributed by atoms with Crippen molar-refractivity contribution in [3.63, 3.8) is 0 Å². The summed E-state index contributed by atoms with van der Waals surface area (Å²) < 4.78 is 1.93. The minimum atomic E-state index is 0. The zero-order valence-electron chi connectivity index (χ0n) is 10.4. The Kier molecular flexibility index (Phi) is 8.62. The SMILES string of the molecule is CCN(CC)CC(=O)NC[n+]1ccccc1.[Br-]. The van der Waals surface area contributed by atoms with E-state index in [0.717, 1.165) is 13.1 Å². The van der Waals surface area contributed by atoms with E-state index in [1.807, 2.05) is 35.2 Å². The van der Waals surface area contributed by atoms with Crippen molar-refractivity contribution >= 4 is 5.91 Å². The Hall–Kier alpha value is -0.940. The van der Waals surface area contributed by atoms with Gasteiger partial charge in [0.05, 0.1) is 6.54 Å². The first-order valence-corrected chi connectivity index (χ1v) is 5.69. The van der Waals surface area contributed by atoms with Gasteiger partial charge in [-0.15, -0.1) is 0 Å². The number of hydrogen-bond donors (Lipinski definition) is 1. The van der Waals surface area contributed by atoms with Crippen molar-refractivity contribution in [3.05, 3.63) is 30.6 Å². The largest absolute Gasteiger partial charge is 1.00 e. The van der Waals surface area contributed by atoms with Crippen LogP contribution in [-0.2, 0) is 11.5 Å². The maximum Gasteiger partial charge on any atom is 0.238 e. The van der Waals surface area contributed by atoms with Gasteiger partial charge in [-0.1, -0.05) is 19.9 Å². The maximum absolute atomic E-state index is 11.6. The van der Waals surface area contributed by atoms with Crippen LogP contribution >= 0.6 is 0 Å². The Bertz CT molecular complexity index is 315. The van der Waals surface area contributed by atoms with Crippen molar-refractivity contribution in [2.24, 2.45) is 0 Å². The highest BCUT2D eigenvalue weighted by Gasteiger charge is 2.07. The van der Waals surface area contributed by atoms with Gasteiger partial charge in [0.25, 0.3) is 0 Å². The highest BCUT2D eigenvalue weighted by atomic mass is 79.9. The van der Waals surface area contributed by atoms with Crippen molar-refractivity contribution in [2.45, 2.75) is 20.5 Å². The molecule has 0 aliphatic rings. The van der Waals surface area contributed by atoms with E-state index in [9.17, 15) is 4.79 Å². The molecule has 1 N–H and O–H groups in total. The number of halogens is 1. The molecule has 0 fully saturated rings. The smallest absolute Gasteiger partial charge is 0.238 e. The van der Waals surface area contributed by atoms with Gasteiger partial charge < -0.3 is 17.0 Å². The van der Waals surface area contributed by atoms with Gasteiger partial charge in [0.1, 0.15) is 0 Å². The summed E-state index contributed by atoms with van der Waals surface area (Å²) in [6.45, 7) is 6.93. The molecule has 1 heterocycles. The number of carbonyl (C=O) groups excluding carboxylic acids is 1. The lowest BCUT2D eigenvalue weighted by atomic mass is 10.4. The Morgan fingerprint density at radius 1 is 1.18 bits per heavy atom. The molecule has 1 amide bonds. The topological polar surface area (TPSA) is 36.2 Å². The van der Waals surface area contributed by atoms with Gasteiger partial charge in [0.15, 0.2) is 12.4 Å². The fourth-order valence-corrected chi connectivity index (χ4v) is 1.43. The van der Waals surface area contributed by atoms with Crippen LogP contribution < -0.4 is 26.9 Å². The third-order valence-corrected chi connectivity index (χ3v) is 2.50. The third-order valence-electron chi connectivity index (χ3n) is 2.50. The third kappa shape index (κ3) is 6.38. The van der Waals surface area contributed by atoms with Crippen LogP contribution in [0.4, 0.5) is 0 Å². The van der Waals surface area contributed by atoms with Gasteiger partial charge in [-0.2, -0.15) is 4.57 Å². The predicted molar refractivity (Wildman–Crippen MR) is 62.6 cm³/mol. The van der Waals surface area contributed by atoms with Crippen LogP contribution in [0.3, 0.4) is 0 Å². The first-order chi connectivity index (χ1) is 7.76. The van der Waals surface area contributed by atoms with Crippen molar-refractivity contribution in [3.8, 4) is 0 Å². The summed E-state index contributed by atoms with van der Waals surface area (Å²) >= 11 is 0. The zero-order chi connectivity index (χ0) is 11.8. The molecule has 0 aromatic carbocycles. The fourth-order valence-electron chi connectivity index (χ4n) is 1.43. The molecule has 0 aliphatic carbocycles. The quantitative estimate of drug-likeness (QED) is 0.585. The van der Waals surface area contributed by atoms with E-state index < -0.39 is 0 Å². The first kappa shape index (κ1) is 16.1. The highest BCUT2D eigenvalue weighted by Crippen LogP contribution is 1.85. The lowest BCUT2D eigenvalue weighted by molar-refractivity contribution is -0.700. The van der Waals surface area contributed by atoms with Crippen molar-refractivity contribution in [2.75, 3.05) is 19.6 Å². The van der Waals surface area contributed by atoms with Crippen molar-refractivity contribution in [1.82, 2.24) is 10.2 Å². The summed E-state index contributed by atoms with van der Waals surface area (Å²) in [4.78, 5) is 13.7. The second-order valence-electron chi connectivity index (χ2n) is 3.61. The van der Waals surface area contributed by atoms with E-state index in [-0.39, 0.29) is 22.9 Å². The van der Waals surface area contributed by atoms with E-state index in [2.05, 4.69) is 24.1 Å². The van der Waals surface area contributed by atoms with Crippen LogP contribution in [-0.4, -0.2) is 30.4 Å². The van der Waals surface area contributed by atoms with Crippen molar-refractivity contribution in [1.29, 1.82) is 0 Å². The number of hydrogen-bond acceptors (Lipinski definition) is 2. The molecule has 5 heteroatoms. The molecule has 96 valence electrons. The standard InChI is InChI=1S/C12H19N3O.BrH/c1-3-14(4-2)10-12(16)13-11-15-8-6-5-7-9-15;/h5-9H,3-4,10-11H2,1-2H3;1H. The molecule has 4 nitrogen and oxygen atoms in total. The summed E-state index contributed by atoms with van der Waals surface area (Å²) in [7, 11) is 0. The zero-order valence-corrected chi connectivity index (χ0v) is 12.0. The van der Waals surface area contributed by atoms with Crippen molar-refractivity contribution < 1.29 is 26.3 Å². The molecule has 0 unspecified atom stereocenters. The van der Waals surface area contributed by atoms with Crippen LogP contribution in [0.1, 0.15) is 13.8 Å². The van der Waals surface area contributed by atoms with Crippen LogP contribution in [0.5, 0.6) is 0 Å². The Labute approximate surface area is 113 Å². The molecule has 0 spiro atoms. The van der Waals surface area contributed by atoms with Gasteiger partial charge in [-0.25, -0.2) is 0 Å². The number of likely N-dealkylation sites (N-methyl/N-ethyl adjacent to an activating group) is 1. The van der Waals surface area contributed by atoms with Gasteiger partial charge in [-0.3, -0.25) is 15.0 Å². The second kappa shape index (κ2) is 9.13. The number of aromatic nitrogens is 1. The maximum atomic E-state index is 11.6. The predicted octanol–water partition coefficient (Wildman–Crippen LogP) is -2.61. The van der Waals surface area contributed by atoms with Gasteiger partial charge in [0, 0.05) is 12.1 Å². The molecular weight excluding hydrogens is 282 g/mol. The lowest BCUT2D eigenvalue weighted by Crippen LogP contribution is -3.00. The Morgan fingerprint density at radius 2 is 1.76 bits per heavy atom. The highest BCUT2D eigenvalue weighted by molar-refractivity contribution is 5.77. The Balaban J connectivity index is 0.00000256. The molecule has 17 heavy (non-hydrogen) atoms. The molecule has 0 aliphatic heterocycles. The van der Waals surface area contributed by atoms with E-state index in [1.54, 1.807) is 0 Å². The molecule has 0 atom stereocenters. The molecule has 0 radical (unpaired) electrons. The van der Waals surface area contributed by atoms with Gasteiger partial charge in [-0.05, 0) is 13.1 Å². The van der Waals surface area contributed by atoms with E-state index in [0.29, 0.717) is 13.2 Å². The molecule has 1 aromatic heterocycles. The molecule has 0 saturated carbocycles. The summed E-state index contributed by atoms with van der Waals surface area (Å²) in [6.07, 6.45) is 3.86. The number of pyridine rings is 1. The van der Waals surface area contributed by atoms with Crippen LogP contribution in [0.25, 0.3) is 0 Å². The first-order valence-electron chi connectivity index (χ1n) is 5.69. The molecule has 0 saturated heterocycles. The lowest BCUT2D eigenvalue weighted by Gasteiger charge is -2.16. The summed E-state index contributed by atoms with van der Waals surface area (Å²) in [5.74, 6) is 0.0695. The average Bonchev–Trinajstić information content (AvgIpc) is 2.34. The summed E-state index contributed by atoms with van der Waals surface area (Å²) in [6, 6.07) is 5.83.